The van der Waals surface area contributed by atoms with Crippen molar-refractivity contribution in [2.45, 2.75) is 32.9 Å². The fraction of sp³-hybridized carbons (Fsp3) is 0.450. The number of anilines is 3. The van der Waals surface area contributed by atoms with E-state index in [1.54, 1.807) is 6.20 Å². The van der Waals surface area contributed by atoms with Gasteiger partial charge in [-0.2, -0.15) is 15.1 Å². The summed E-state index contributed by atoms with van der Waals surface area (Å²) in [6.07, 6.45) is 1.73. The Balaban J connectivity index is 1.33. The average Bonchev–Trinajstić information content (AvgIpc) is 3.05. The lowest BCUT2D eigenvalue weighted by Gasteiger charge is -2.21. The van der Waals surface area contributed by atoms with Crippen LogP contribution in [0.15, 0.2) is 24.4 Å². The zero-order valence-electron chi connectivity index (χ0n) is 17.2. The van der Waals surface area contributed by atoms with Gasteiger partial charge in [0.15, 0.2) is 5.65 Å². The van der Waals surface area contributed by atoms with E-state index in [1.165, 1.54) is 0 Å². The third-order valence-corrected chi connectivity index (χ3v) is 5.61. The minimum atomic E-state index is -0.0940. The number of carbonyl (C=O) groups is 1. The lowest BCUT2D eigenvalue weighted by Crippen LogP contribution is -2.43. The van der Waals surface area contributed by atoms with Gasteiger partial charge in [-0.25, -0.2) is 9.78 Å². The first-order valence-electron chi connectivity index (χ1n) is 10.2. The van der Waals surface area contributed by atoms with Crippen molar-refractivity contribution in [2.75, 3.05) is 23.3 Å². The van der Waals surface area contributed by atoms with Gasteiger partial charge in [0.05, 0.1) is 11.1 Å². The number of aromatic nitrogens is 5. The molecule has 3 aromatic rings. The van der Waals surface area contributed by atoms with E-state index in [2.05, 4.69) is 41.0 Å². The molecule has 156 valence electrons. The van der Waals surface area contributed by atoms with Crippen molar-refractivity contribution in [1.82, 2.24) is 35.8 Å². The third-order valence-electron chi connectivity index (χ3n) is 5.61. The summed E-state index contributed by atoms with van der Waals surface area (Å²) in [6, 6.07) is 6.01. The molecule has 10 heteroatoms. The first-order valence-corrected chi connectivity index (χ1v) is 10.2. The zero-order valence-corrected chi connectivity index (χ0v) is 17.2. The number of rotatable bonds is 5. The predicted octanol–water partition coefficient (Wildman–Crippen LogP) is 1.94. The first-order chi connectivity index (χ1) is 14.5. The van der Waals surface area contributed by atoms with E-state index < -0.39 is 0 Å². The normalized spacial score (nSPS) is 22.3. The Kier molecular flexibility index (Phi) is 4.41. The molecule has 3 aromatic heterocycles. The maximum absolute atomic E-state index is 12.0. The second kappa shape index (κ2) is 7.12. The Labute approximate surface area is 173 Å². The van der Waals surface area contributed by atoms with Crippen LogP contribution >= 0.6 is 0 Å². The molecule has 2 aliphatic rings. The topological polar surface area (TPSA) is 124 Å². The Morgan fingerprint density at radius 3 is 2.77 bits per heavy atom. The average molecular weight is 407 g/mol. The number of pyridine rings is 1. The maximum atomic E-state index is 12.0. The molecule has 1 saturated carbocycles. The standard InChI is InChI=1S/C20H25N9O/c1-10(2)22-20(30)24-16-13-8-29(9-14(13)16)19-25-17-12(5-4-6-21-17)18(26-19)23-15-7-11(3)27-28-15/h4-7,10,13-14,16H,8-9H2,1-3H3,(H2,22,24,30)(H2,21,23,25,26,27,28)/t13-,14+,16?. The molecule has 30 heavy (non-hydrogen) atoms. The van der Waals surface area contributed by atoms with Gasteiger partial charge in [-0.3, -0.25) is 5.10 Å². The minimum absolute atomic E-state index is 0.0940. The third kappa shape index (κ3) is 3.49. The van der Waals surface area contributed by atoms with Crippen molar-refractivity contribution in [2.24, 2.45) is 11.8 Å². The molecule has 0 bridgehead atoms. The summed E-state index contributed by atoms with van der Waals surface area (Å²) < 4.78 is 0. The molecule has 2 amide bonds. The highest BCUT2D eigenvalue weighted by Gasteiger charge is 2.57. The molecule has 10 nitrogen and oxygen atoms in total. The van der Waals surface area contributed by atoms with E-state index in [9.17, 15) is 4.79 Å². The highest BCUT2D eigenvalue weighted by molar-refractivity contribution is 5.89. The van der Waals surface area contributed by atoms with Crippen molar-refractivity contribution in [1.29, 1.82) is 0 Å². The van der Waals surface area contributed by atoms with Crippen LogP contribution in [0.25, 0.3) is 11.0 Å². The number of H-pyrrole nitrogens is 1. The second-order valence-corrected chi connectivity index (χ2v) is 8.33. The van der Waals surface area contributed by atoms with Gasteiger partial charge in [-0.15, -0.1) is 0 Å². The second-order valence-electron chi connectivity index (χ2n) is 8.33. The maximum Gasteiger partial charge on any atom is 0.315 e. The van der Waals surface area contributed by atoms with E-state index in [-0.39, 0.29) is 18.1 Å². The van der Waals surface area contributed by atoms with Crippen molar-refractivity contribution in [3.63, 3.8) is 0 Å². The SMILES string of the molecule is Cc1cc(Nc2nc(N3C[C@@H]4C(NC(=O)NC(C)C)[C@@H]4C3)nc3ncccc23)[nH]n1. The fourth-order valence-electron chi connectivity index (χ4n) is 4.16. The lowest BCUT2D eigenvalue weighted by molar-refractivity contribution is 0.237. The number of amides is 2. The van der Waals surface area contributed by atoms with Gasteiger partial charge < -0.3 is 20.9 Å². The van der Waals surface area contributed by atoms with Crippen LogP contribution in [-0.4, -0.2) is 56.4 Å². The van der Waals surface area contributed by atoms with Gasteiger partial charge in [0.2, 0.25) is 5.95 Å². The van der Waals surface area contributed by atoms with Gasteiger partial charge in [0, 0.05) is 49.3 Å². The lowest BCUT2D eigenvalue weighted by atomic mass is 10.3. The number of nitrogens with zero attached hydrogens (tertiary/aromatic N) is 5. The van der Waals surface area contributed by atoms with Crippen LogP contribution in [0.2, 0.25) is 0 Å². The smallest absolute Gasteiger partial charge is 0.315 e. The summed E-state index contributed by atoms with van der Waals surface area (Å²) in [7, 11) is 0. The van der Waals surface area contributed by atoms with Gasteiger partial charge in [-0.1, -0.05) is 0 Å². The van der Waals surface area contributed by atoms with Crippen LogP contribution in [0.1, 0.15) is 19.5 Å². The summed E-state index contributed by atoms with van der Waals surface area (Å²) in [5.41, 5.74) is 1.54. The van der Waals surface area contributed by atoms with Crippen molar-refractivity contribution in [3.8, 4) is 0 Å². The molecule has 0 aromatic carbocycles. The Hall–Kier alpha value is -3.43. The van der Waals surface area contributed by atoms with Gasteiger partial charge >= 0.3 is 6.03 Å². The number of aromatic amines is 1. The number of carbonyl (C=O) groups excluding carboxylic acids is 1. The van der Waals surface area contributed by atoms with Crippen LogP contribution in [0.3, 0.4) is 0 Å². The van der Waals surface area contributed by atoms with E-state index in [4.69, 9.17) is 4.98 Å². The van der Waals surface area contributed by atoms with E-state index in [1.807, 2.05) is 39.0 Å². The molecular formula is C20H25N9O. The van der Waals surface area contributed by atoms with Crippen LogP contribution in [0.5, 0.6) is 0 Å². The van der Waals surface area contributed by atoms with Crippen LogP contribution in [-0.2, 0) is 0 Å². The molecule has 0 radical (unpaired) electrons. The molecule has 1 aliphatic heterocycles. The molecule has 3 atom stereocenters. The Morgan fingerprint density at radius 1 is 1.27 bits per heavy atom. The number of nitrogens with one attached hydrogen (secondary N) is 4. The van der Waals surface area contributed by atoms with Crippen molar-refractivity contribution < 1.29 is 4.79 Å². The van der Waals surface area contributed by atoms with Gasteiger partial charge in [-0.05, 0) is 32.9 Å². The largest absolute Gasteiger partial charge is 0.340 e. The number of hydrogen-bond acceptors (Lipinski definition) is 7. The van der Waals surface area contributed by atoms with Crippen LogP contribution in [0.4, 0.5) is 22.4 Å². The quantitative estimate of drug-likeness (QED) is 0.509. The summed E-state index contributed by atoms with van der Waals surface area (Å²) in [6.45, 7) is 7.47. The summed E-state index contributed by atoms with van der Waals surface area (Å²) in [5.74, 6) is 2.97. The highest BCUT2D eigenvalue weighted by atomic mass is 16.2. The summed E-state index contributed by atoms with van der Waals surface area (Å²) in [5, 5.41) is 17.2. The van der Waals surface area contributed by atoms with Gasteiger partial charge in [0.25, 0.3) is 0 Å². The number of aryl methyl sites for hydroxylation is 1. The zero-order chi connectivity index (χ0) is 20.8. The molecule has 1 aliphatic carbocycles. The van der Waals surface area contributed by atoms with Crippen LogP contribution in [0, 0.1) is 18.8 Å². The number of hydrogen-bond donors (Lipinski definition) is 4. The molecule has 1 saturated heterocycles. The minimum Gasteiger partial charge on any atom is -0.340 e. The first kappa shape index (κ1) is 18.6. The molecule has 5 rings (SSSR count). The molecule has 1 unspecified atom stereocenters. The van der Waals surface area contributed by atoms with Crippen molar-refractivity contribution >= 4 is 34.6 Å². The van der Waals surface area contributed by atoms with Gasteiger partial charge in [0.1, 0.15) is 11.6 Å². The van der Waals surface area contributed by atoms with E-state index in [0.29, 0.717) is 29.2 Å². The predicted molar refractivity (Wildman–Crippen MR) is 114 cm³/mol. The monoisotopic (exact) mass is 407 g/mol. The number of piperidine rings is 1. The summed E-state index contributed by atoms with van der Waals surface area (Å²) >= 11 is 0. The van der Waals surface area contributed by atoms with E-state index >= 15 is 0 Å². The number of fused-ring (bicyclic) bond motifs is 2. The fourth-order valence-corrected chi connectivity index (χ4v) is 4.16. The van der Waals surface area contributed by atoms with Crippen LogP contribution < -0.4 is 20.9 Å². The molecule has 4 N–H and O–H groups in total. The molecular weight excluding hydrogens is 382 g/mol. The Bertz CT molecular complexity index is 1080. The number of urea groups is 1. The van der Waals surface area contributed by atoms with Crippen molar-refractivity contribution in [3.05, 3.63) is 30.1 Å². The molecule has 4 heterocycles. The molecule has 2 fully saturated rings. The highest BCUT2D eigenvalue weighted by Crippen LogP contribution is 2.46. The molecule has 0 spiro atoms. The van der Waals surface area contributed by atoms with E-state index in [0.717, 1.165) is 30.0 Å². The Morgan fingerprint density at radius 2 is 2.07 bits per heavy atom. The summed E-state index contributed by atoms with van der Waals surface area (Å²) in [4.78, 5) is 28.0.